The third kappa shape index (κ3) is 4.01. The van der Waals surface area contributed by atoms with E-state index in [9.17, 15) is 4.79 Å². The van der Waals surface area contributed by atoms with Crippen LogP contribution >= 0.6 is 0 Å². The van der Waals surface area contributed by atoms with Crippen molar-refractivity contribution in [1.82, 2.24) is 15.5 Å². The average Bonchev–Trinajstić information content (AvgIpc) is 2.99. The van der Waals surface area contributed by atoms with Gasteiger partial charge >= 0.3 is 6.03 Å². The van der Waals surface area contributed by atoms with Gasteiger partial charge in [-0.15, -0.1) is 0 Å². The Morgan fingerprint density at radius 2 is 1.82 bits per heavy atom. The van der Waals surface area contributed by atoms with Crippen LogP contribution in [0.5, 0.6) is 0 Å². The number of rotatable bonds is 5. The molecule has 3 rings (SSSR count). The van der Waals surface area contributed by atoms with E-state index in [1.54, 1.807) is 0 Å². The molecular weight excluding hydrogens is 274 g/mol. The van der Waals surface area contributed by atoms with Crippen LogP contribution in [0.3, 0.4) is 0 Å². The van der Waals surface area contributed by atoms with Crippen LogP contribution in [0, 0.1) is 5.92 Å². The Hall–Kier alpha value is -1.55. The molecule has 0 radical (unpaired) electrons. The summed E-state index contributed by atoms with van der Waals surface area (Å²) in [4.78, 5) is 14.1. The Bertz CT molecular complexity index is 472. The van der Waals surface area contributed by atoms with E-state index < -0.39 is 0 Å². The van der Waals surface area contributed by atoms with Gasteiger partial charge in [0.2, 0.25) is 0 Å². The molecule has 4 heteroatoms. The van der Waals surface area contributed by atoms with Crippen LogP contribution in [0.4, 0.5) is 4.79 Å². The summed E-state index contributed by atoms with van der Waals surface area (Å²) in [5.74, 6) is 0.894. The maximum absolute atomic E-state index is 12.2. The second kappa shape index (κ2) is 7.63. The first kappa shape index (κ1) is 15.3. The summed E-state index contributed by atoms with van der Waals surface area (Å²) in [5.41, 5.74) is 2.56. The summed E-state index contributed by atoms with van der Waals surface area (Å²) >= 11 is 0. The van der Waals surface area contributed by atoms with Gasteiger partial charge in [-0.25, -0.2) is 4.79 Å². The average molecular weight is 301 g/mol. The van der Waals surface area contributed by atoms with Gasteiger partial charge in [-0.1, -0.05) is 37.1 Å². The summed E-state index contributed by atoms with van der Waals surface area (Å²) in [6, 6.07) is 8.39. The lowest BCUT2D eigenvalue weighted by Crippen LogP contribution is -2.37. The minimum Gasteiger partial charge on any atom is -0.338 e. The number of hydrogen-bond acceptors (Lipinski definition) is 2. The Balaban J connectivity index is 1.30. The molecule has 120 valence electrons. The molecule has 2 N–H and O–H groups in total. The lowest BCUT2D eigenvalue weighted by molar-refractivity contribution is 0.198. The highest BCUT2D eigenvalue weighted by molar-refractivity contribution is 5.75. The first-order chi connectivity index (χ1) is 10.8. The van der Waals surface area contributed by atoms with Crippen LogP contribution in [0.2, 0.25) is 0 Å². The number of unbranched alkanes of at least 4 members (excludes halogenated alkanes) is 1. The molecule has 1 fully saturated rings. The van der Waals surface area contributed by atoms with Crippen LogP contribution in [0.15, 0.2) is 24.3 Å². The van der Waals surface area contributed by atoms with Crippen molar-refractivity contribution in [2.45, 2.75) is 45.2 Å². The number of hydrogen-bond donors (Lipinski definition) is 2. The van der Waals surface area contributed by atoms with Crippen LogP contribution < -0.4 is 10.6 Å². The van der Waals surface area contributed by atoms with E-state index in [0.717, 1.165) is 32.0 Å². The van der Waals surface area contributed by atoms with Gasteiger partial charge in [0.1, 0.15) is 0 Å². The molecule has 1 aromatic carbocycles. The zero-order chi connectivity index (χ0) is 15.2. The largest absolute Gasteiger partial charge is 0.338 e. The number of piperidine rings is 1. The minimum absolute atomic E-state index is 0.0815. The molecule has 2 amide bonds. The molecule has 0 atom stereocenters. The van der Waals surface area contributed by atoms with Crippen molar-refractivity contribution in [3.05, 3.63) is 35.4 Å². The lowest BCUT2D eigenvalue weighted by Gasteiger charge is -2.22. The molecule has 0 unspecified atom stereocenters. The van der Waals surface area contributed by atoms with Gasteiger partial charge in [-0.3, -0.25) is 0 Å². The van der Waals surface area contributed by atoms with E-state index >= 15 is 0 Å². The number of carbonyl (C=O) groups is 1. The van der Waals surface area contributed by atoms with Crippen molar-refractivity contribution < 1.29 is 4.79 Å². The van der Waals surface area contributed by atoms with E-state index in [1.807, 2.05) is 17.0 Å². The number of urea groups is 1. The first-order valence-electron chi connectivity index (χ1n) is 8.63. The zero-order valence-corrected chi connectivity index (χ0v) is 13.3. The van der Waals surface area contributed by atoms with Gasteiger partial charge in [0, 0.05) is 19.6 Å². The molecule has 1 saturated heterocycles. The van der Waals surface area contributed by atoms with Gasteiger partial charge in [-0.2, -0.15) is 0 Å². The van der Waals surface area contributed by atoms with Crippen molar-refractivity contribution in [3.8, 4) is 0 Å². The van der Waals surface area contributed by atoms with Crippen LogP contribution in [-0.4, -0.2) is 30.6 Å². The molecule has 1 aromatic rings. The molecule has 0 bridgehead atoms. The normalized spacial score (nSPS) is 18.3. The van der Waals surface area contributed by atoms with Crippen molar-refractivity contribution in [2.75, 3.05) is 19.6 Å². The summed E-state index contributed by atoms with van der Waals surface area (Å²) < 4.78 is 0. The van der Waals surface area contributed by atoms with Crippen molar-refractivity contribution in [2.24, 2.45) is 5.92 Å². The minimum atomic E-state index is 0.0815. The summed E-state index contributed by atoms with van der Waals surface area (Å²) in [6.45, 7) is 4.65. The highest BCUT2D eigenvalue weighted by atomic mass is 16.2. The second-order valence-corrected chi connectivity index (χ2v) is 6.55. The summed E-state index contributed by atoms with van der Waals surface area (Å²) in [7, 11) is 0. The lowest BCUT2D eigenvalue weighted by atomic mass is 9.92. The Morgan fingerprint density at radius 3 is 2.50 bits per heavy atom. The van der Waals surface area contributed by atoms with Gasteiger partial charge in [0.05, 0.1) is 0 Å². The molecule has 2 heterocycles. The zero-order valence-electron chi connectivity index (χ0n) is 13.3. The van der Waals surface area contributed by atoms with Gasteiger partial charge in [0.15, 0.2) is 0 Å². The topological polar surface area (TPSA) is 44.4 Å². The number of nitrogens with one attached hydrogen (secondary N) is 2. The predicted molar refractivity (Wildman–Crippen MR) is 88.5 cm³/mol. The Labute approximate surface area is 133 Å². The quantitative estimate of drug-likeness (QED) is 0.821. The van der Waals surface area contributed by atoms with Crippen molar-refractivity contribution in [1.29, 1.82) is 0 Å². The van der Waals surface area contributed by atoms with E-state index in [-0.39, 0.29) is 6.03 Å². The molecule has 22 heavy (non-hydrogen) atoms. The molecule has 2 aliphatic heterocycles. The van der Waals surface area contributed by atoms with E-state index in [0.29, 0.717) is 0 Å². The molecule has 0 saturated carbocycles. The predicted octanol–water partition coefficient (Wildman–Crippen LogP) is 2.88. The smallest absolute Gasteiger partial charge is 0.318 e. The number of nitrogens with zero attached hydrogens (tertiary/aromatic N) is 1. The fraction of sp³-hybridized carbons (Fsp3) is 0.611. The molecule has 2 aliphatic rings. The Morgan fingerprint density at radius 1 is 1.14 bits per heavy atom. The second-order valence-electron chi connectivity index (χ2n) is 6.55. The molecule has 0 aromatic heterocycles. The van der Waals surface area contributed by atoms with Gasteiger partial charge in [-0.05, 0) is 49.4 Å². The van der Waals surface area contributed by atoms with E-state index in [1.165, 1.54) is 49.9 Å². The fourth-order valence-corrected chi connectivity index (χ4v) is 3.51. The standard InChI is InChI=1S/C18H27N3O/c22-18(21-13-16-6-1-2-7-17(16)14-21)20-10-4-3-5-15-8-11-19-12-9-15/h1-2,6-7,15,19H,3-5,8-14H2,(H,20,22). The monoisotopic (exact) mass is 301 g/mol. The molecule has 0 aliphatic carbocycles. The summed E-state index contributed by atoms with van der Waals surface area (Å²) in [5, 5.41) is 6.48. The Kier molecular flexibility index (Phi) is 5.33. The third-order valence-corrected chi connectivity index (χ3v) is 4.90. The van der Waals surface area contributed by atoms with Crippen LogP contribution in [-0.2, 0) is 13.1 Å². The van der Waals surface area contributed by atoms with Crippen molar-refractivity contribution in [3.63, 3.8) is 0 Å². The van der Waals surface area contributed by atoms with Crippen molar-refractivity contribution >= 4 is 6.03 Å². The van der Waals surface area contributed by atoms with E-state index in [2.05, 4.69) is 22.8 Å². The SMILES string of the molecule is O=C(NCCCCC1CCNCC1)N1Cc2ccccc2C1. The van der Waals surface area contributed by atoms with E-state index in [4.69, 9.17) is 0 Å². The number of benzene rings is 1. The molecular formula is C18H27N3O. The van der Waals surface area contributed by atoms with Crippen LogP contribution in [0.25, 0.3) is 0 Å². The molecule has 4 nitrogen and oxygen atoms in total. The summed E-state index contributed by atoms with van der Waals surface area (Å²) in [6.07, 6.45) is 6.27. The van der Waals surface area contributed by atoms with Gasteiger partial charge in [0.25, 0.3) is 0 Å². The number of amides is 2. The number of carbonyl (C=O) groups excluding carboxylic acids is 1. The highest BCUT2D eigenvalue weighted by Crippen LogP contribution is 2.22. The maximum Gasteiger partial charge on any atom is 0.318 e. The number of fused-ring (bicyclic) bond motifs is 1. The fourth-order valence-electron chi connectivity index (χ4n) is 3.51. The maximum atomic E-state index is 12.2. The van der Waals surface area contributed by atoms with Gasteiger partial charge < -0.3 is 15.5 Å². The highest BCUT2D eigenvalue weighted by Gasteiger charge is 2.22. The molecule has 0 spiro atoms. The third-order valence-electron chi connectivity index (χ3n) is 4.90. The first-order valence-corrected chi connectivity index (χ1v) is 8.63. The van der Waals surface area contributed by atoms with Crippen LogP contribution in [0.1, 0.15) is 43.2 Å².